The van der Waals surface area contributed by atoms with Gasteiger partial charge in [0.2, 0.25) is 0 Å². The van der Waals surface area contributed by atoms with Crippen LogP contribution in [0.5, 0.6) is 0 Å². The molecule has 5 nitrogen and oxygen atoms in total. The molecule has 0 radical (unpaired) electrons. The molecule has 1 fully saturated rings. The van der Waals surface area contributed by atoms with Gasteiger partial charge in [0.15, 0.2) is 9.84 Å². The smallest absolute Gasteiger partial charge is 0.317 e. The number of nitrogens with one attached hydrogen (secondary N) is 1. The molecular formula is C15H15FN2O3S2. The van der Waals surface area contributed by atoms with Crippen molar-refractivity contribution in [3.05, 3.63) is 52.5 Å². The number of hydrogen-bond acceptors (Lipinski definition) is 4. The molecule has 2 heterocycles. The lowest BCUT2D eigenvalue weighted by atomic mass is 10.2. The maximum Gasteiger partial charge on any atom is 0.317 e. The molecule has 2 amide bonds. The third kappa shape index (κ3) is 3.37. The van der Waals surface area contributed by atoms with Gasteiger partial charge in [-0.3, -0.25) is 0 Å². The molecule has 23 heavy (non-hydrogen) atoms. The van der Waals surface area contributed by atoms with Crippen molar-refractivity contribution in [2.45, 2.75) is 16.7 Å². The Morgan fingerprint density at radius 1 is 1.26 bits per heavy atom. The number of carbonyl (C=O) groups is 1. The topological polar surface area (TPSA) is 66.5 Å². The van der Waals surface area contributed by atoms with Crippen LogP contribution in [0, 0.1) is 5.82 Å². The normalized spacial score (nSPS) is 15.3. The van der Waals surface area contributed by atoms with Gasteiger partial charge in [-0.1, -0.05) is 6.07 Å². The summed E-state index contributed by atoms with van der Waals surface area (Å²) in [6.07, 6.45) is 0. The summed E-state index contributed by atoms with van der Waals surface area (Å²) in [5, 5.41) is 4.05. The monoisotopic (exact) mass is 354 g/mol. The van der Waals surface area contributed by atoms with Crippen LogP contribution in [0.15, 0.2) is 46.7 Å². The lowest BCUT2D eigenvalue weighted by Crippen LogP contribution is -2.59. The standard InChI is InChI=1S/C15H15FN2O3S2/c16-11-3-5-13(6-4-11)23(20,21)14-9-18(10-14)15(19)17-8-12-2-1-7-22-12/h1-7,14H,8-10H2,(H,17,19). The number of nitrogens with zero attached hydrogens (tertiary/aromatic N) is 1. The highest BCUT2D eigenvalue weighted by molar-refractivity contribution is 7.92. The van der Waals surface area contributed by atoms with Crippen LogP contribution in [0.1, 0.15) is 4.88 Å². The van der Waals surface area contributed by atoms with Gasteiger partial charge < -0.3 is 10.2 Å². The molecular weight excluding hydrogens is 339 g/mol. The van der Waals surface area contributed by atoms with Crippen molar-refractivity contribution in [3.8, 4) is 0 Å². The summed E-state index contributed by atoms with van der Waals surface area (Å²) in [5.74, 6) is -0.479. The first-order valence-electron chi connectivity index (χ1n) is 7.01. The molecule has 3 rings (SSSR count). The molecule has 1 aromatic carbocycles. The van der Waals surface area contributed by atoms with E-state index in [9.17, 15) is 17.6 Å². The lowest BCUT2D eigenvalue weighted by molar-refractivity contribution is 0.169. The average Bonchev–Trinajstić information content (AvgIpc) is 2.97. The number of amides is 2. The van der Waals surface area contributed by atoms with E-state index >= 15 is 0 Å². The van der Waals surface area contributed by atoms with E-state index in [1.807, 2.05) is 17.5 Å². The minimum atomic E-state index is -3.53. The first kappa shape index (κ1) is 15.9. The van der Waals surface area contributed by atoms with Gasteiger partial charge in [0, 0.05) is 18.0 Å². The molecule has 0 bridgehead atoms. The molecule has 8 heteroatoms. The van der Waals surface area contributed by atoms with Crippen molar-refractivity contribution in [1.29, 1.82) is 0 Å². The van der Waals surface area contributed by atoms with E-state index in [4.69, 9.17) is 0 Å². The number of likely N-dealkylation sites (tertiary alicyclic amines) is 1. The molecule has 2 aromatic rings. The van der Waals surface area contributed by atoms with Crippen molar-refractivity contribution in [2.75, 3.05) is 13.1 Å². The van der Waals surface area contributed by atoms with Crippen molar-refractivity contribution in [2.24, 2.45) is 0 Å². The largest absolute Gasteiger partial charge is 0.333 e. The van der Waals surface area contributed by atoms with E-state index in [0.29, 0.717) is 6.54 Å². The second kappa shape index (κ2) is 6.29. The number of thiophene rings is 1. The van der Waals surface area contributed by atoms with E-state index in [2.05, 4.69) is 5.32 Å². The molecule has 0 saturated carbocycles. The Morgan fingerprint density at radius 3 is 2.57 bits per heavy atom. The zero-order valence-electron chi connectivity index (χ0n) is 12.1. The fraction of sp³-hybridized carbons (Fsp3) is 0.267. The molecule has 1 saturated heterocycles. The fourth-order valence-corrected chi connectivity index (χ4v) is 4.60. The van der Waals surface area contributed by atoms with Gasteiger partial charge in [-0.25, -0.2) is 17.6 Å². The molecule has 0 atom stereocenters. The predicted molar refractivity (Wildman–Crippen MR) is 85.5 cm³/mol. The molecule has 0 unspecified atom stereocenters. The highest BCUT2D eigenvalue weighted by Gasteiger charge is 2.40. The number of urea groups is 1. The first-order valence-corrected chi connectivity index (χ1v) is 9.44. The molecule has 122 valence electrons. The molecule has 1 aliphatic rings. The van der Waals surface area contributed by atoms with E-state index in [0.717, 1.165) is 17.0 Å². The molecule has 1 aromatic heterocycles. The zero-order chi connectivity index (χ0) is 16.4. The Balaban J connectivity index is 1.55. The van der Waals surface area contributed by atoms with Gasteiger partial charge >= 0.3 is 6.03 Å². The summed E-state index contributed by atoms with van der Waals surface area (Å²) in [7, 11) is -3.53. The third-order valence-electron chi connectivity index (χ3n) is 3.71. The summed E-state index contributed by atoms with van der Waals surface area (Å²) < 4.78 is 37.6. The Kier molecular flexibility index (Phi) is 4.36. The maximum absolute atomic E-state index is 12.9. The van der Waals surface area contributed by atoms with Gasteiger partial charge in [-0.05, 0) is 35.7 Å². The number of rotatable bonds is 4. The summed E-state index contributed by atoms with van der Waals surface area (Å²) in [4.78, 5) is 14.5. The minimum Gasteiger partial charge on any atom is -0.333 e. The van der Waals surface area contributed by atoms with Crippen LogP contribution in [-0.2, 0) is 16.4 Å². The summed E-state index contributed by atoms with van der Waals surface area (Å²) in [6, 6.07) is 8.30. The van der Waals surface area contributed by atoms with Crippen molar-refractivity contribution in [3.63, 3.8) is 0 Å². The summed E-state index contributed by atoms with van der Waals surface area (Å²) in [5.41, 5.74) is 0. The highest BCUT2D eigenvalue weighted by atomic mass is 32.2. The summed E-state index contributed by atoms with van der Waals surface area (Å²) in [6.45, 7) is 0.731. The summed E-state index contributed by atoms with van der Waals surface area (Å²) >= 11 is 1.55. The molecule has 0 spiro atoms. The van der Waals surface area contributed by atoms with Gasteiger partial charge in [-0.2, -0.15) is 0 Å². The Labute approximate surface area is 137 Å². The average molecular weight is 354 g/mol. The van der Waals surface area contributed by atoms with Crippen LogP contribution in [0.25, 0.3) is 0 Å². The number of halogens is 1. The Bertz CT molecular complexity index is 783. The van der Waals surface area contributed by atoms with E-state index in [1.165, 1.54) is 17.0 Å². The Morgan fingerprint density at radius 2 is 1.96 bits per heavy atom. The Hall–Kier alpha value is -1.93. The first-order chi connectivity index (χ1) is 11.0. The molecule has 1 aliphatic heterocycles. The van der Waals surface area contributed by atoms with Gasteiger partial charge in [0.25, 0.3) is 0 Å². The van der Waals surface area contributed by atoms with Crippen molar-refractivity contribution < 1.29 is 17.6 Å². The van der Waals surface area contributed by atoms with Crippen LogP contribution in [0.2, 0.25) is 0 Å². The van der Waals surface area contributed by atoms with Crippen molar-refractivity contribution in [1.82, 2.24) is 10.2 Å². The maximum atomic E-state index is 12.9. The van der Waals surface area contributed by atoms with Crippen molar-refractivity contribution >= 4 is 27.2 Å². The quantitative estimate of drug-likeness (QED) is 0.857. The lowest BCUT2D eigenvalue weighted by Gasteiger charge is -2.38. The number of sulfone groups is 1. The van der Waals surface area contributed by atoms with Crippen LogP contribution in [0.4, 0.5) is 9.18 Å². The predicted octanol–water partition coefficient (Wildman–Crippen LogP) is 2.25. The third-order valence-corrected chi connectivity index (χ3v) is 6.69. The zero-order valence-corrected chi connectivity index (χ0v) is 13.7. The number of benzene rings is 1. The highest BCUT2D eigenvalue weighted by Crippen LogP contribution is 2.24. The SMILES string of the molecule is O=C(NCc1cccs1)N1CC(S(=O)(=O)c2ccc(F)cc2)C1. The van der Waals surface area contributed by atoms with Crippen LogP contribution < -0.4 is 5.32 Å². The molecule has 1 N–H and O–H groups in total. The fourth-order valence-electron chi connectivity index (χ4n) is 2.30. The van der Waals surface area contributed by atoms with Crippen LogP contribution in [-0.4, -0.2) is 37.7 Å². The minimum absolute atomic E-state index is 0.0857. The van der Waals surface area contributed by atoms with Gasteiger partial charge in [-0.15, -0.1) is 11.3 Å². The van der Waals surface area contributed by atoms with E-state index in [-0.39, 0.29) is 24.0 Å². The second-order valence-electron chi connectivity index (χ2n) is 5.26. The van der Waals surface area contributed by atoms with Gasteiger partial charge in [0.05, 0.1) is 11.4 Å². The number of carbonyl (C=O) groups excluding carboxylic acids is 1. The molecule has 0 aliphatic carbocycles. The number of hydrogen-bond donors (Lipinski definition) is 1. The van der Waals surface area contributed by atoms with E-state index in [1.54, 1.807) is 11.3 Å². The second-order valence-corrected chi connectivity index (χ2v) is 8.52. The van der Waals surface area contributed by atoms with Crippen LogP contribution >= 0.6 is 11.3 Å². The van der Waals surface area contributed by atoms with Gasteiger partial charge in [0.1, 0.15) is 11.1 Å². The van der Waals surface area contributed by atoms with Crippen LogP contribution in [0.3, 0.4) is 0 Å². The van der Waals surface area contributed by atoms with E-state index < -0.39 is 20.9 Å².